The molecule has 0 spiro atoms. The first-order chi connectivity index (χ1) is 16.5. The molecule has 2 heterocycles. The van der Waals surface area contributed by atoms with Gasteiger partial charge in [0.05, 0.1) is 28.3 Å². The number of amides is 2. The van der Waals surface area contributed by atoms with Gasteiger partial charge >= 0.3 is 12.4 Å². The minimum Gasteiger partial charge on any atom is -0.268 e. The van der Waals surface area contributed by atoms with E-state index < -0.39 is 56.8 Å². The lowest BCUT2D eigenvalue weighted by atomic mass is 10.1. The summed E-state index contributed by atoms with van der Waals surface area (Å²) in [7, 11) is -4.17. The molecule has 15 heteroatoms. The van der Waals surface area contributed by atoms with E-state index in [1.54, 1.807) is 6.07 Å². The van der Waals surface area contributed by atoms with Gasteiger partial charge in [-0.1, -0.05) is 12.1 Å². The number of fused-ring (bicyclic) bond motifs is 1. The third-order valence-corrected chi connectivity index (χ3v) is 7.25. The van der Waals surface area contributed by atoms with Crippen LogP contribution in [0, 0.1) is 3.57 Å². The number of aromatic nitrogens is 2. The molecule has 36 heavy (non-hydrogen) atoms. The minimum atomic E-state index is -5.17. The first-order valence-electron chi connectivity index (χ1n) is 9.72. The number of halogens is 7. The van der Waals surface area contributed by atoms with E-state index >= 15 is 0 Å². The van der Waals surface area contributed by atoms with Crippen LogP contribution in [0.5, 0.6) is 0 Å². The molecule has 7 nitrogen and oxygen atoms in total. The number of nitrogens with zero attached hydrogens (tertiary/aromatic N) is 3. The lowest BCUT2D eigenvalue weighted by Crippen LogP contribution is -2.31. The first kappa shape index (κ1) is 26.1. The molecule has 0 saturated carbocycles. The van der Waals surface area contributed by atoms with E-state index in [-0.39, 0.29) is 33.1 Å². The first-order valence-corrected chi connectivity index (χ1v) is 12.7. The van der Waals surface area contributed by atoms with E-state index in [9.17, 15) is 44.3 Å². The van der Waals surface area contributed by atoms with Crippen molar-refractivity contribution in [3.8, 4) is 0 Å². The lowest BCUT2D eigenvalue weighted by Gasteiger charge is -2.19. The highest BCUT2D eigenvalue weighted by molar-refractivity contribution is 14.1. The highest BCUT2D eigenvalue weighted by Crippen LogP contribution is 2.37. The van der Waals surface area contributed by atoms with Crippen molar-refractivity contribution in [3.05, 3.63) is 74.1 Å². The van der Waals surface area contributed by atoms with Crippen molar-refractivity contribution < 1.29 is 44.3 Å². The predicted octanol–water partition coefficient (Wildman–Crippen LogP) is 4.78. The van der Waals surface area contributed by atoms with Crippen molar-refractivity contribution in [2.45, 2.75) is 23.8 Å². The molecule has 0 saturated heterocycles. The maximum atomic E-state index is 13.3. The zero-order valence-corrected chi connectivity index (χ0v) is 20.8. The van der Waals surface area contributed by atoms with Gasteiger partial charge in [-0.25, -0.2) is 13.3 Å². The van der Waals surface area contributed by atoms with Gasteiger partial charge in [-0.05, 0) is 52.4 Å². The summed E-state index contributed by atoms with van der Waals surface area (Å²) in [6.45, 7) is -0.867. The summed E-state index contributed by atoms with van der Waals surface area (Å²) in [6.07, 6.45) is -9.56. The zero-order chi connectivity index (χ0) is 26.8. The molecule has 2 amide bonds. The molecule has 3 aromatic rings. The molecule has 1 aromatic heterocycles. The minimum absolute atomic E-state index is 0.0430. The highest BCUT2D eigenvalue weighted by atomic mass is 127. The van der Waals surface area contributed by atoms with Crippen LogP contribution in [0.1, 0.15) is 37.7 Å². The smallest absolute Gasteiger partial charge is 0.268 e. The molecule has 1 aliphatic rings. The topological polar surface area (TPSA) is 89.3 Å². The molecule has 0 atom stereocenters. The Hall–Kier alpha value is -2.95. The monoisotopic (exact) mass is 643 g/mol. The molecule has 0 fully saturated rings. The summed E-state index contributed by atoms with van der Waals surface area (Å²) in [6, 6.07) is 7.40. The Morgan fingerprint density at radius 1 is 0.944 bits per heavy atom. The lowest BCUT2D eigenvalue weighted by molar-refractivity contribution is -0.144. The molecule has 0 unspecified atom stereocenters. The predicted molar refractivity (Wildman–Crippen MR) is 121 cm³/mol. The Labute approximate surface area is 212 Å². The molecule has 0 aliphatic carbocycles. The number of hydrogen-bond acceptors (Lipinski definition) is 5. The molecule has 4 rings (SSSR count). The average Bonchev–Trinajstić information content (AvgIpc) is 3.28. The van der Waals surface area contributed by atoms with E-state index in [0.717, 1.165) is 24.5 Å². The number of anilines is 1. The molecule has 0 N–H and O–H groups in total. The summed E-state index contributed by atoms with van der Waals surface area (Å²) in [5, 5.41) is 3.00. The summed E-state index contributed by atoms with van der Waals surface area (Å²) in [4.78, 5) is 26.0. The van der Waals surface area contributed by atoms with Crippen LogP contribution in [-0.2, 0) is 28.7 Å². The van der Waals surface area contributed by atoms with Crippen LogP contribution in [0.2, 0.25) is 0 Å². The summed E-state index contributed by atoms with van der Waals surface area (Å²) >= 11 is 1.84. The van der Waals surface area contributed by atoms with E-state index in [1.165, 1.54) is 12.1 Å². The second-order valence-corrected chi connectivity index (χ2v) is 10.9. The fourth-order valence-corrected chi connectivity index (χ4v) is 5.31. The van der Waals surface area contributed by atoms with E-state index in [1.807, 2.05) is 22.6 Å². The number of alkyl halides is 6. The maximum absolute atomic E-state index is 13.3. The van der Waals surface area contributed by atoms with Crippen LogP contribution >= 0.6 is 22.6 Å². The van der Waals surface area contributed by atoms with Gasteiger partial charge in [-0.3, -0.25) is 14.3 Å². The Morgan fingerprint density at radius 2 is 1.61 bits per heavy atom. The average molecular weight is 643 g/mol. The normalized spacial score (nSPS) is 14.5. The van der Waals surface area contributed by atoms with Crippen LogP contribution in [0.25, 0.3) is 0 Å². The molecular weight excluding hydrogens is 631 g/mol. The van der Waals surface area contributed by atoms with Gasteiger partial charge in [-0.2, -0.15) is 31.4 Å². The number of rotatable bonds is 4. The van der Waals surface area contributed by atoms with Gasteiger partial charge < -0.3 is 0 Å². The molecule has 2 aromatic carbocycles. The Bertz CT molecular complexity index is 1530. The quantitative estimate of drug-likeness (QED) is 0.232. The fraction of sp³-hybridized carbons (Fsp3) is 0.190. The number of imide groups is 1. The highest BCUT2D eigenvalue weighted by Gasteiger charge is 2.42. The largest absolute Gasteiger partial charge is 0.435 e. The number of sulfone groups is 1. The number of hydrogen-bond donors (Lipinski definition) is 0. The van der Waals surface area contributed by atoms with Crippen LogP contribution in [0.3, 0.4) is 0 Å². The van der Waals surface area contributed by atoms with Gasteiger partial charge in [0.1, 0.15) is 5.69 Å². The van der Waals surface area contributed by atoms with Gasteiger partial charge in [0, 0.05) is 15.9 Å². The molecule has 190 valence electrons. The van der Waals surface area contributed by atoms with Crippen molar-refractivity contribution in [3.63, 3.8) is 0 Å². The second-order valence-electron chi connectivity index (χ2n) is 7.75. The van der Waals surface area contributed by atoms with E-state index in [0.29, 0.717) is 8.47 Å². The van der Waals surface area contributed by atoms with Gasteiger partial charge in [0.15, 0.2) is 15.5 Å². The van der Waals surface area contributed by atoms with Crippen LogP contribution in [0.4, 0.5) is 32.0 Å². The van der Waals surface area contributed by atoms with Crippen molar-refractivity contribution in [2.24, 2.45) is 0 Å². The zero-order valence-electron chi connectivity index (χ0n) is 17.8. The van der Waals surface area contributed by atoms with Crippen LogP contribution in [0.15, 0.2) is 47.4 Å². The maximum Gasteiger partial charge on any atom is 0.435 e. The summed E-state index contributed by atoms with van der Waals surface area (Å²) in [5.41, 5.74) is -3.84. The molecule has 0 radical (unpaired) electrons. The summed E-state index contributed by atoms with van der Waals surface area (Å²) in [5.74, 6) is -1.59. The van der Waals surface area contributed by atoms with Crippen molar-refractivity contribution >= 4 is 49.9 Å². The number of carbonyl (C=O) groups excluding carboxylic acids is 2. The molecular formula is C21H12F6IN3O4S. The van der Waals surface area contributed by atoms with Gasteiger partial charge in [0.2, 0.25) is 0 Å². The Balaban J connectivity index is 1.81. The Kier molecular flexibility index (Phi) is 6.22. The third kappa shape index (κ3) is 4.60. The van der Waals surface area contributed by atoms with Crippen molar-refractivity contribution in [2.75, 3.05) is 11.2 Å². The second kappa shape index (κ2) is 8.57. The SMILES string of the molecule is CS(=O)(=O)c1cc(Cn2nc(C(F)(F)F)cc2C(F)(F)F)ccc1N1C(=O)c2cccc(I)c2C1=O. The molecule has 0 bridgehead atoms. The van der Waals surface area contributed by atoms with Crippen LogP contribution < -0.4 is 4.90 Å². The number of carbonyl (C=O) groups is 2. The van der Waals surface area contributed by atoms with Crippen LogP contribution in [-0.4, -0.2) is 36.3 Å². The fourth-order valence-electron chi connectivity index (χ4n) is 3.68. The van der Waals surface area contributed by atoms with Gasteiger partial charge in [0.25, 0.3) is 11.8 Å². The van der Waals surface area contributed by atoms with E-state index in [4.69, 9.17) is 0 Å². The third-order valence-electron chi connectivity index (χ3n) is 5.22. The van der Waals surface area contributed by atoms with Gasteiger partial charge in [-0.15, -0.1) is 0 Å². The summed E-state index contributed by atoms with van der Waals surface area (Å²) < 4.78 is 104. The Morgan fingerprint density at radius 3 is 2.17 bits per heavy atom. The van der Waals surface area contributed by atoms with E-state index in [2.05, 4.69) is 5.10 Å². The van der Waals surface area contributed by atoms with Crippen molar-refractivity contribution in [1.82, 2.24) is 9.78 Å². The molecule has 1 aliphatic heterocycles. The number of benzene rings is 2. The standard InChI is InChI=1S/C21H12F6IN3O4S/c1-36(34,35)14-7-10(9-30-16(21(25,26)27)8-15(29-30)20(22,23)24)5-6-13(14)31-18(32)11-3-2-4-12(28)17(11)19(31)33/h2-8H,9H2,1H3. The van der Waals surface area contributed by atoms with Crippen molar-refractivity contribution in [1.29, 1.82) is 0 Å².